The molecule has 1 aromatic carbocycles. The van der Waals surface area contributed by atoms with Gasteiger partial charge in [-0.1, -0.05) is 12.1 Å². The molecule has 0 unspecified atom stereocenters. The van der Waals surface area contributed by atoms with E-state index in [2.05, 4.69) is 4.98 Å². The maximum Gasteiger partial charge on any atom is 0.281 e. The fraction of sp³-hybridized carbons (Fsp3) is 0.273. The predicted octanol–water partition coefficient (Wildman–Crippen LogP) is 2.68. The lowest BCUT2D eigenvalue weighted by atomic mass is 10.2. The topological polar surface area (TPSA) is 34.9 Å². The molecule has 0 bridgehead atoms. The van der Waals surface area contributed by atoms with Crippen molar-refractivity contribution in [1.82, 2.24) is 9.55 Å². The lowest BCUT2D eigenvalue weighted by Crippen LogP contribution is -2.14. The second-order valence-corrected chi connectivity index (χ2v) is 4.11. The summed E-state index contributed by atoms with van der Waals surface area (Å²) in [4.78, 5) is 15.4. The minimum absolute atomic E-state index is 0.216. The van der Waals surface area contributed by atoms with Gasteiger partial charge in [-0.05, 0) is 30.2 Å². The highest BCUT2D eigenvalue weighted by Crippen LogP contribution is 2.15. The van der Waals surface area contributed by atoms with Gasteiger partial charge in [0, 0.05) is 12.4 Å². The number of rotatable bonds is 3. The van der Waals surface area contributed by atoms with E-state index >= 15 is 0 Å². The van der Waals surface area contributed by atoms with Crippen molar-refractivity contribution < 1.29 is 0 Å². The molecule has 16 heavy (non-hydrogen) atoms. The van der Waals surface area contributed by atoms with E-state index in [0.717, 1.165) is 11.9 Å². The lowest BCUT2D eigenvalue weighted by molar-refractivity contribution is 0.688. The molecular formula is C11H10Cl2N2O. The summed E-state index contributed by atoms with van der Waals surface area (Å²) in [6.45, 7) is 0.663. The van der Waals surface area contributed by atoms with E-state index in [1.807, 2.05) is 18.2 Å². The monoisotopic (exact) mass is 256 g/mol. The predicted molar refractivity (Wildman–Crippen MR) is 66.4 cm³/mol. The number of hydrogen-bond donors (Lipinski definition) is 0. The molecule has 0 amide bonds. The zero-order valence-electron chi connectivity index (χ0n) is 8.49. The molecule has 0 aliphatic carbocycles. The second-order valence-electron chi connectivity index (χ2n) is 3.40. The molecule has 0 aliphatic heterocycles. The molecule has 2 aromatic rings. The maximum absolute atomic E-state index is 11.6. The van der Waals surface area contributed by atoms with Crippen LogP contribution in [0.2, 0.25) is 5.28 Å². The summed E-state index contributed by atoms with van der Waals surface area (Å²) in [6, 6.07) is 7.29. The molecule has 1 aromatic heterocycles. The molecule has 0 saturated carbocycles. The van der Waals surface area contributed by atoms with E-state index in [1.165, 1.54) is 0 Å². The van der Waals surface area contributed by atoms with Gasteiger partial charge in [0.1, 0.15) is 0 Å². The molecule has 1 heterocycles. The Morgan fingerprint density at radius 3 is 2.81 bits per heavy atom. The summed E-state index contributed by atoms with van der Waals surface area (Å²) >= 11 is 11.6. The van der Waals surface area contributed by atoms with Crippen LogP contribution in [0.4, 0.5) is 0 Å². The number of benzene rings is 1. The summed E-state index contributed by atoms with van der Waals surface area (Å²) < 4.78 is 1.81. The average molecular weight is 257 g/mol. The maximum atomic E-state index is 11.6. The van der Waals surface area contributed by atoms with Crippen molar-refractivity contribution in [3.8, 4) is 0 Å². The van der Waals surface area contributed by atoms with Gasteiger partial charge < -0.3 is 4.57 Å². The van der Waals surface area contributed by atoms with Crippen LogP contribution >= 0.6 is 23.2 Å². The quantitative estimate of drug-likeness (QED) is 0.625. The van der Waals surface area contributed by atoms with E-state index < -0.39 is 0 Å². The van der Waals surface area contributed by atoms with Gasteiger partial charge in [-0.25, -0.2) is 0 Å². The van der Waals surface area contributed by atoms with Crippen molar-refractivity contribution in [2.75, 3.05) is 5.88 Å². The van der Waals surface area contributed by atoms with Crippen LogP contribution in [0.5, 0.6) is 0 Å². The van der Waals surface area contributed by atoms with Crippen molar-refractivity contribution in [3.63, 3.8) is 0 Å². The molecular weight excluding hydrogens is 247 g/mol. The number of halogens is 2. The zero-order chi connectivity index (χ0) is 11.5. The molecule has 0 radical (unpaired) electrons. The molecule has 5 heteroatoms. The number of hydrogen-bond acceptors (Lipinski definition) is 2. The molecule has 0 aliphatic rings. The molecule has 0 atom stereocenters. The van der Waals surface area contributed by atoms with Gasteiger partial charge >= 0.3 is 0 Å². The van der Waals surface area contributed by atoms with E-state index in [4.69, 9.17) is 23.2 Å². The van der Waals surface area contributed by atoms with Gasteiger partial charge in [0.2, 0.25) is 5.28 Å². The normalized spacial score (nSPS) is 10.9. The number of aryl methyl sites for hydroxylation is 1. The van der Waals surface area contributed by atoms with Crippen LogP contribution in [0.1, 0.15) is 6.42 Å². The van der Waals surface area contributed by atoms with Crippen molar-refractivity contribution in [2.24, 2.45) is 0 Å². The van der Waals surface area contributed by atoms with Crippen LogP contribution in [0.25, 0.3) is 10.9 Å². The van der Waals surface area contributed by atoms with E-state index in [9.17, 15) is 4.79 Å². The van der Waals surface area contributed by atoms with Gasteiger partial charge in [0.25, 0.3) is 5.56 Å². The molecule has 0 N–H and O–H groups in total. The van der Waals surface area contributed by atoms with Gasteiger partial charge in [-0.15, -0.1) is 11.6 Å². The lowest BCUT2D eigenvalue weighted by Gasteiger charge is -2.10. The Morgan fingerprint density at radius 2 is 2.06 bits per heavy atom. The molecule has 84 valence electrons. The van der Waals surface area contributed by atoms with Gasteiger partial charge in [0.05, 0.1) is 10.9 Å². The number of aromatic nitrogens is 2. The Hall–Kier alpha value is -1.06. The Bertz CT molecular complexity index is 565. The van der Waals surface area contributed by atoms with Crippen molar-refractivity contribution in [1.29, 1.82) is 0 Å². The zero-order valence-corrected chi connectivity index (χ0v) is 10.0. The van der Waals surface area contributed by atoms with Crippen LogP contribution in [-0.2, 0) is 6.54 Å². The van der Waals surface area contributed by atoms with Crippen LogP contribution in [0.15, 0.2) is 29.1 Å². The highest BCUT2D eigenvalue weighted by molar-refractivity contribution is 6.28. The first-order valence-electron chi connectivity index (χ1n) is 4.95. The molecule has 0 saturated heterocycles. The number of nitrogens with zero attached hydrogens (tertiary/aromatic N) is 2. The standard InChI is InChI=1S/C11H10Cl2N2O/c12-6-3-7-15-9-5-2-1-4-8(9)10(16)14-11(15)13/h1-2,4-5H,3,6-7H2. The summed E-state index contributed by atoms with van der Waals surface area (Å²) in [6.07, 6.45) is 0.788. The van der Waals surface area contributed by atoms with Crippen LogP contribution < -0.4 is 5.56 Å². The Morgan fingerprint density at radius 1 is 1.31 bits per heavy atom. The average Bonchev–Trinajstić information content (AvgIpc) is 2.29. The summed E-state index contributed by atoms with van der Waals surface area (Å²) in [5.74, 6) is 0.552. The van der Waals surface area contributed by atoms with E-state index in [1.54, 1.807) is 10.6 Å². The minimum Gasteiger partial charge on any atom is -0.316 e. The molecule has 3 nitrogen and oxygen atoms in total. The largest absolute Gasteiger partial charge is 0.316 e. The smallest absolute Gasteiger partial charge is 0.281 e. The molecule has 0 fully saturated rings. The molecule has 0 spiro atoms. The van der Waals surface area contributed by atoms with Crippen molar-refractivity contribution in [3.05, 3.63) is 39.9 Å². The third-order valence-electron chi connectivity index (χ3n) is 2.36. The van der Waals surface area contributed by atoms with Crippen molar-refractivity contribution >= 4 is 34.1 Å². The number of para-hydroxylation sites is 1. The Kier molecular flexibility index (Phi) is 3.46. The Balaban J connectivity index is 2.66. The van der Waals surface area contributed by atoms with Gasteiger partial charge in [-0.3, -0.25) is 4.79 Å². The van der Waals surface area contributed by atoms with Crippen LogP contribution in [0, 0.1) is 0 Å². The van der Waals surface area contributed by atoms with Crippen molar-refractivity contribution in [2.45, 2.75) is 13.0 Å². The van der Waals surface area contributed by atoms with E-state index in [0.29, 0.717) is 17.8 Å². The first-order valence-corrected chi connectivity index (χ1v) is 5.86. The third kappa shape index (κ3) is 2.06. The van der Waals surface area contributed by atoms with E-state index in [-0.39, 0.29) is 10.8 Å². The fourth-order valence-corrected chi connectivity index (χ4v) is 2.00. The van der Waals surface area contributed by atoms with Gasteiger partial charge in [-0.2, -0.15) is 4.98 Å². The van der Waals surface area contributed by atoms with Crippen LogP contribution in [-0.4, -0.2) is 15.4 Å². The van der Waals surface area contributed by atoms with Gasteiger partial charge in [0.15, 0.2) is 0 Å². The number of fused-ring (bicyclic) bond motifs is 1. The minimum atomic E-state index is -0.289. The summed E-state index contributed by atoms with van der Waals surface area (Å²) in [7, 11) is 0. The Labute approximate surface area is 103 Å². The first-order chi connectivity index (χ1) is 7.74. The highest BCUT2D eigenvalue weighted by Gasteiger charge is 2.07. The fourth-order valence-electron chi connectivity index (χ4n) is 1.62. The summed E-state index contributed by atoms with van der Waals surface area (Å²) in [5.41, 5.74) is 0.514. The summed E-state index contributed by atoms with van der Waals surface area (Å²) in [5, 5.41) is 0.801. The second kappa shape index (κ2) is 4.85. The number of alkyl halides is 1. The highest BCUT2D eigenvalue weighted by atomic mass is 35.5. The first kappa shape index (κ1) is 11.4. The molecule has 2 rings (SSSR count). The third-order valence-corrected chi connectivity index (χ3v) is 2.91. The van der Waals surface area contributed by atoms with Crippen LogP contribution in [0.3, 0.4) is 0 Å². The SMILES string of the molecule is O=c1nc(Cl)n(CCCCl)c2ccccc12.